The van der Waals surface area contributed by atoms with Crippen LogP contribution in [0.4, 0.5) is 0 Å². The summed E-state index contributed by atoms with van der Waals surface area (Å²) in [4.78, 5) is 32.7. The number of carboxylic acids is 2. The van der Waals surface area contributed by atoms with E-state index in [1.54, 1.807) is 0 Å². The van der Waals surface area contributed by atoms with Crippen molar-refractivity contribution in [1.29, 1.82) is 0 Å². The van der Waals surface area contributed by atoms with Crippen LogP contribution in [-0.2, 0) is 14.4 Å². The number of carboxylic acid groups (broad SMARTS) is 2. The van der Waals surface area contributed by atoms with Crippen molar-refractivity contribution in [2.24, 2.45) is 0 Å². The zero-order chi connectivity index (χ0) is 12.0. The summed E-state index contributed by atoms with van der Waals surface area (Å²) in [5.74, 6) is -3.49. The maximum absolute atomic E-state index is 11.1. The molecule has 0 saturated carbocycles. The van der Waals surface area contributed by atoms with Gasteiger partial charge in [0.15, 0.2) is 0 Å². The van der Waals surface area contributed by atoms with E-state index in [1.165, 1.54) is 7.05 Å². The summed E-state index contributed by atoms with van der Waals surface area (Å²) < 4.78 is 0. The van der Waals surface area contributed by atoms with Crippen LogP contribution in [0.25, 0.3) is 0 Å². The Morgan fingerprint density at radius 1 is 1.38 bits per heavy atom. The van der Waals surface area contributed by atoms with Crippen molar-refractivity contribution >= 4 is 55.6 Å². The third kappa shape index (κ3) is 6.09. The minimum absolute atomic E-state index is 0. The van der Waals surface area contributed by atoms with E-state index in [0.29, 0.717) is 0 Å². The van der Waals surface area contributed by atoms with E-state index in [4.69, 9.17) is 0 Å². The predicted molar refractivity (Wildman–Crippen MR) is 51.8 cm³/mol. The molecule has 0 spiro atoms. The summed E-state index contributed by atoms with van der Waals surface area (Å²) in [6.45, 7) is 3.19. The molecule has 0 aliphatic rings. The van der Waals surface area contributed by atoms with Crippen molar-refractivity contribution in [3.8, 4) is 0 Å². The Hall–Kier alpha value is -0.590. The quantitative estimate of drug-likeness (QED) is 0.368. The van der Waals surface area contributed by atoms with Gasteiger partial charge in [0.05, 0.1) is 12.0 Å². The average molecular weight is 253 g/mol. The zero-order valence-corrected chi connectivity index (χ0v) is 11.2. The molecular formula is C9H11CaNO5. The van der Waals surface area contributed by atoms with E-state index in [-0.39, 0.29) is 44.2 Å². The zero-order valence-electron chi connectivity index (χ0n) is 8.97. The van der Waals surface area contributed by atoms with Crippen LogP contribution in [0.1, 0.15) is 12.8 Å². The van der Waals surface area contributed by atoms with Crippen molar-refractivity contribution in [1.82, 2.24) is 4.90 Å². The largest absolute Gasteiger partial charge is 2.00 e. The molecule has 0 radical (unpaired) electrons. The van der Waals surface area contributed by atoms with E-state index in [0.717, 1.165) is 11.0 Å². The van der Waals surface area contributed by atoms with E-state index in [9.17, 15) is 24.6 Å². The smallest absolute Gasteiger partial charge is 0.550 e. The van der Waals surface area contributed by atoms with Gasteiger partial charge in [-0.2, -0.15) is 0 Å². The van der Waals surface area contributed by atoms with Gasteiger partial charge in [-0.3, -0.25) is 4.79 Å². The molecule has 0 heterocycles. The van der Waals surface area contributed by atoms with Crippen LogP contribution in [-0.4, -0.2) is 73.6 Å². The second-order valence-electron chi connectivity index (χ2n) is 2.90. The topological polar surface area (TPSA) is 101 Å². The molecular weight excluding hydrogens is 242 g/mol. The SMILES string of the molecule is C=CC(=O)N(C)[C@H](CCC(=O)[O-])C(=O)[O-].[Ca+2]. The number of nitrogens with zero attached hydrogens (tertiary/aromatic N) is 1. The minimum Gasteiger partial charge on any atom is -0.550 e. The number of hydrogen-bond acceptors (Lipinski definition) is 5. The summed E-state index contributed by atoms with van der Waals surface area (Å²) >= 11 is 0. The molecule has 0 aliphatic carbocycles. The normalized spacial score (nSPS) is 10.8. The molecule has 1 amide bonds. The van der Waals surface area contributed by atoms with Crippen molar-refractivity contribution < 1.29 is 24.6 Å². The Morgan fingerprint density at radius 3 is 2.19 bits per heavy atom. The van der Waals surface area contributed by atoms with Gasteiger partial charge < -0.3 is 24.7 Å². The van der Waals surface area contributed by atoms with E-state index >= 15 is 0 Å². The Balaban J connectivity index is 0. The van der Waals surface area contributed by atoms with Crippen LogP contribution in [0.5, 0.6) is 0 Å². The molecule has 0 bridgehead atoms. The number of aliphatic carboxylic acids is 2. The van der Waals surface area contributed by atoms with Gasteiger partial charge in [-0.05, 0) is 18.9 Å². The molecule has 0 saturated heterocycles. The van der Waals surface area contributed by atoms with Gasteiger partial charge in [0.1, 0.15) is 0 Å². The van der Waals surface area contributed by atoms with Gasteiger partial charge >= 0.3 is 37.7 Å². The standard InChI is InChI=1S/C9H13NO5.Ca/c1-3-7(11)10(2)6(9(14)15)4-5-8(12)13;/h3,6H,1,4-5H2,2H3,(H,12,13)(H,14,15);/q;+2/p-2/t6-;/m1./s1. The number of amides is 1. The van der Waals surface area contributed by atoms with Crippen molar-refractivity contribution in [2.45, 2.75) is 18.9 Å². The fraction of sp³-hybridized carbons (Fsp3) is 0.444. The summed E-state index contributed by atoms with van der Waals surface area (Å²) in [5, 5.41) is 20.8. The minimum atomic E-state index is -1.51. The molecule has 0 unspecified atom stereocenters. The van der Waals surface area contributed by atoms with E-state index in [1.807, 2.05) is 0 Å². The Kier molecular flexibility index (Phi) is 9.51. The molecule has 6 nitrogen and oxygen atoms in total. The fourth-order valence-corrected chi connectivity index (χ4v) is 1.02. The molecule has 0 fully saturated rings. The number of carbonyl (C=O) groups excluding carboxylic acids is 3. The first kappa shape index (κ1) is 17.8. The van der Waals surface area contributed by atoms with Crippen LogP contribution in [0.2, 0.25) is 0 Å². The molecule has 16 heavy (non-hydrogen) atoms. The Morgan fingerprint density at radius 2 is 1.88 bits per heavy atom. The van der Waals surface area contributed by atoms with Crippen molar-refractivity contribution in [3.05, 3.63) is 12.7 Å². The van der Waals surface area contributed by atoms with Gasteiger partial charge in [0.2, 0.25) is 5.91 Å². The predicted octanol–water partition coefficient (Wildman–Crippen LogP) is -3.10. The first-order chi connectivity index (χ1) is 6.90. The summed E-state index contributed by atoms with van der Waals surface area (Å²) in [6, 6.07) is -1.28. The summed E-state index contributed by atoms with van der Waals surface area (Å²) in [5.41, 5.74) is 0. The molecule has 84 valence electrons. The van der Waals surface area contributed by atoms with Crippen molar-refractivity contribution in [3.63, 3.8) is 0 Å². The van der Waals surface area contributed by atoms with Gasteiger partial charge in [0.25, 0.3) is 0 Å². The monoisotopic (exact) mass is 253 g/mol. The average Bonchev–Trinajstić information content (AvgIpc) is 2.15. The number of hydrogen-bond donors (Lipinski definition) is 0. The molecule has 0 aromatic heterocycles. The van der Waals surface area contributed by atoms with Crippen LogP contribution < -0.4 is 10.2 Å². The van der Waals surface area contributed by atoms with Gasteiger partial charge in [-0.25, -0.2) is 0 Å². The van der Waals surface area contributed by atoms with Crippen molar-refractivity contribution in [2.75, 3.05) is 7.05 Å². The van der Waals surface area contributed by atoms with Gasteiger partial charge in [-0.15, -0.1) is 0 Å². The number of likely N-dealkylation sites (N-methyl/N-ethyl adjacent to an activating group) is 1. The Labute approximate surface area is 123 Å². The number of rotatable bonds is 6. The molecule has 0 aromatic rings. The third-order valence-electron chi connectivity index (χ3n) is 1.88. The second-order valence-corrected chi connectivity index (χ2v) is 2.90. The van der Waals surface area contributed by atoms with Gasteiger partial charge in [-0.1, -0.05) is 6.58 Å². The number of carbonyl (C=O) groups is 3. The second kappa shape index (κ2) is 8.55. The maximum Gasteiger partial charge on any atom is 2.00 e. The molecule has 0 aliphatic heterocycles. The summed E-state index contributed by atoms with van der Waals surface area (Å²) in [6.07, 6.45) is 0.239. The van der Waals surface area contributed by atoms with E-state index < -0.39 is 30.3 Å². The summed E-state index contributed by atoms with van der Waals surface area (Å²) in [7, 11) is 1.24. The molecule has 0 rings (SSSR count). The van der Waals surface area contributed by atoms with E-state index in [2.05, 4.69) is 6.58 Å². The molecule has 1 atom stereocenters. The van der Waals surface area contributed by atoms with Crippen LogP contribution in [0, 0.1) is 0 Å². The molecule has 0 aromatic carbocycles. The van der Waals surface area contributed by atoms with Crippen LogP contribution >= 0.6 is 0 Å². The van der Waals surface area contributed by atoms with Gasteiger partial charge in [0, 0.05) is 13.0 Å². The Bertz CT molecular complexity index is 292. The molecule has 0 N–H and O–H groups in total. The van der Waals surface area contributed by atoms with Crippen LogP contribution in [0.15, 0.2) is 12.7 Å². The molecule has 7 heteroatoms. The first-order valence-corrected chi connectivity index (χ1v) is 4.20. The van der Waals surface area contributed by atoms with Crippen LogP contribution in [0.3, 0.4) is 0 Å². The third-order valence-corrected chi connectivity index (χ3v) is 1.88. The first-order valence-electron chi connectivity index (χ1n) is 4.20. The fourth-order valence-electron chi connectivity index (χ4n) is 1.02. The maximum atomic E-state index is 11.1.